The molecule has 1 amide bonds. The van der Waals surface area contributed by atoms with Gasteiger partial charge in [-0.25, -0.2) is 9.59 Å². The van der Waals surface area contributed by atoms with Crippen LogP contribution in [-0.2, 0) is 28.5 Å². The lowest BCUT2D eigenvalue weighted by molar-refractivity contribution is -0.174. The van der Waals surface area contributed by atoms with E-state index in [4.69, 9.17) is 33.2 Å². The van der Waals surface area contributed by atoms with E-state index in [9.17, 15) is 19.2 Å². The lowest BCUT2D eigenvalue weighted by Gasteiger charge is -2.40. The van der Waals surface area contributed by atoms with Crippen LogP contribution in [0.25, 0.3) is 5.57 Å². The summed E-state index contributed by atoms with van der Waals surface area (Å²) in [7, 11) is 2.61. The fourth-order valence-electron chi connectivity index (χ4n) is 4.37. The number of amides is 1. The number of ether oxygens (including phenoxy) is 7. The molecule has 0 aromatic heterocycles. The molecular weight excluding hydrogens is 514 g/mol. The van der Waals surface area contributed by atoms with Crippen molar-refractivity contribution in [1.29, 1.82) is 0 Å². The molecule has 0 fully saturated rings. The number of alkyl carbamates (subject to hydrolysis) is 1. The number of esters is 3. The second kappa shape index (κ2) is 11.8. The molecule has 2 aromatic carbocycles. The normalized spacial score (nSPS) is 21.2. The molecule has 1 N–H and O–H groups in total. The summed E-state index contributed by atoms with van der Waals surface area (Å²) in [5, 5.41) is 2.64. The van der Waals surface area contributed by atoms with E-state index in [1.807, 2.05) is 0 Å². The van der Waals surface area contributed by atoms with Gasteiger partial charge in [0.1, 0.15) is 0 Å². The Morgan fingerprint density at radius 3 is 2.23 bits per heavy atom. The van der Waals surface area contributed by atoms with Crippen molar-refractivity contribution in [2.75, 3.05) is 21.0 Å². The van der Waals surface area contributed by atoms with Gasteiger partial charge in [-0.15, -0.1) is 0 Å². The molecule has 4 atom stereocenters. The fourth-order valence-corrected chi connectivity index (χ4v) is 4.37. The van der Waals surface area contributed by atoms with Crippen LogP contribution in [0.15, 0.2) is 48.5 Å². The van der Waals surface area contributed by atoms with Gasteiger partial charge < -0.3 is 38.5 Å². The summed E-state index contributed by atoms with van der Waals surface area (Å²) in [5.41, 5.74) is 1.05. The zero-order valence-electron chi connectivity index (χ0n) is 21.6. The molecule has 0 bridgehead atoms. The van der Waals surface area contributed by atoms with Crippen LogP contribution in [0.4, 0.5) is 4.79 Å². The summed E-state index contributed by atoms with van der Waals surface area (Å²) in [6, 6.07) is 10.3. The maximum absolute atomic E-state index is 13.0. The standard InChI is InChI=1S/C27H27NO11/c1-14(29)37-24-21(39-26(31)16-8-6-5-7-9-16)12-18(22(28-27(32)34-4)25(24)38-15(2)30)17-10-19(33-3)23-20(11-17)35-13-36-23/h5-12,21-22,24-25H,13H2,1-4H3,(H,28,32)/t21-,22+,24+,25-/m0/s1. The molecule has 1 aliphatic carbocycles. The van der Waals surface area contributed by atoms with Gasteiger partial charge in [0.15, 0.2) is 29.8 Å². The zero-order valence-corrected chi connectivity index (χ0v) is 21.6. The topological polar surface area (TPSA) is 145 Å². The molecule has 0 spiro atoms. The maximum Gasteiger partial charge on any atom is 0.407 e. The van der Waals surface area contributed by atoms with Crippen LogP contribution < -0.4 is 19.5 Å². The van der Waals surface area contributed by atoms with Crippen LogP contribution in [0.3, 0.4) is 0 Å². The van der Waals surface area contributed by atoms with Crippen LogP contribution in [0.5, 0.6) is 17.2 Å². The molecule has 0 saturated heterocycles. The van der Waals surface area contributed by atoms with Crippen molar-refractivity contribution < 1.29 is 52.3 Å². The van der Waals surface area contributed by atoms with Gasteiger partial charge in [-0.2, -0.15) is 0 Å². The van der Waals surface area contributed by atoms with Crippen LogP contribution in [0, 0.1) is 0 Å². The van der Waals surface area contributed by atoms with Crippen molar-refractivity contribution in [3.8, 4) is 17.2 Å². The number of fused-ring (bicyclic) bond motifs is 1. The van der Waals surface area contributed by atoms with Crippen molar-refractivity contribution in [2.24, 2.45) is 0 Å². The number of carbonyl (C=O) groups is 4. The van der Waals surface area contributed by atoms with Crippen molar-refractivity contribution in [3.63, 3.8) is 0 Å². The van der Waals surface area contributed by atoms with Crippen molar-refractivity contribution in [1.82, 2.24) is 5.32 Å². The molecule has 1 aliphatic heterocycles. The van der Waals surface area contributed by atoms with Crippen LogP contribution in [-0.4, -0.2) is 69.4 Å². The van der Waals surface area contributed by atoms with Gasteiger partial charge in [0.25, 0.3) is 0 Å². The average molecular weight is 542 g/mol. The third-order valence-corrected chi connectivity index (χ3v) is 5.96. The molecule has 12 heteroatoms. The third-order valence-electron chi connectivity index (χ3n) is 5.96. The number of hydrogen-bond acceptors (Lipinski definition) is 11. The van der Waals surface area contributed by atoms with E-state index in [-0.39, 0.29) is 12.4 Å². The number of rotatable bonds is 7. The van der Waals surface area contributed by atoms with E-state index in [2.05, 4.69) is 5.32 Å². The second-order valence-electron chi connectivity index (χ2n) is 8.53. The van der Waals surface area contributed by atoms with Crippen LogP contribution >= 0.6 is 0 Å². The smallest absolute Gasteiger partial charge is 0.407 e. The van der Waals surface area contributed by atoms with E-state index in [1.165, 1.54) is 20.3 Å². The van der Waals surface area contributed by atoms with Crippen molar-refractivity contribution in [2.45, 2.75) is 38.2 Å². The molecule has 206 valence electrons. The summed E-state index contributed by atoms with van der Waals surface area (Å²) in [5.74, 6) is -1.08. The summed E-state index contributed by atoms with van der Waals surface area (Å²) in [6.45, 7) is 2.29. The Morgan fingerprint density at radius 2 is 1.59 bits per heavy atom. The predicted octanol–water partition coefficient (Wildman–Crippen LogP) is 2.63. The van der Waals surface area contributed by atoms with Gasteiger partial charge in [-0.1, -0.05) is 18.2 Å². The van der Waals surface area contributed by atoms with E-state index in [0.29, 0.717) is 28.4 Å². The first-order valence-electron chi connectivity index (χ1n) is 11.9. The quantitative estimate of drug-likeness (QED) is 0.408. The molecule has 0 saturated carbocycles. The van der Waals surface area contributed by atoms with E-state index >= 15 is 0 Å². The molecule has 2 aliphatic rings. The highest BCUT2D eigenvalue weighted by molar-refractivity contribution is 5.90. The van der Waals surface area contributed by atoms with E-state index in [0.717, 1.165) is 13.8 Å². The van der Waals surface area contributed by atoms with Crippen LogP contribution in [0.2, 0.25) is 0 Å². The monoisotopic (exact) mass is 541 g/mol. The Bertz CT molecular complexity index is 1290. The molecule has 0 unspecified atom stereocenters. The van der Waals surface area contributed by atoms with Crippen molar-refractivity contribution >= 4 is 29.6 Å². The lowest BCUT2D eigenvalue weighted by atomic mass is 9.83. The van der Waals surface area contributed by atoms with Gasteiger partial charge in [0.05, 0.1) is 25.8 Å². The average Bonchev–Trinajstić information content (AvgIpc) is 3.40. The van der Waals surface area contributed by atoms with Crippen LogP contribution in [0.1, 0.15) is 29.8 Å². The molecule has 4 rings (SSSR count). The Morgan fingerprint density at radius 1 is 0.897 bits per heavy atom. The largest absolute Gasteiger partial charge is 0.493 e. The first-order valence-corrected chi connectivity index (χ1v) is 11.9. The number of methoxy groups -OCH3 is 2. The highest BCUT2D eigenvalue weighted by atomic mass is 16.7. The summed E-state index contributed by atoms with van der Waals surface area (Å²) < 4.78 is 38.1. The number of benzene rings is 2. The number of nitrogens with one attached hydrogen (secondary N) is 1. The Kier molecular flexibility index (Phi) is 8.23. The Labute approximate surface area is 223 Å². The molecular formula is C27H27NO11. The van der Waals surface area contributed by atoms with Crippen molar-refractivity contribution in [3.05, 3.63) is 59.7 Å². The summed E-state index contributed by atoms with van der Waals surface area (Å²) in [6.07, 6.45) is -3.21. The molecule has 12 nitrogen and oxygen atoms in total. The fraction of sp³-hybridized carbons (Fsp3) is 0.333. The minimum absolute atomic E-state index is 0.0278. The Hall–Kier alpha value is -4.74. The predicted molar refractivity (Wildman–Crippen MR) is 133 cm³/mol. The number of carbonyl (C=O) groups excluding carboxylic acids is 4. The minimum Gasteiger partial charge on any atom is -0.493 e. The molecule has 0 radical (unpaired) electrons. The van der Waals surface area contributed by atoms with Gasteiger partial charge in [-0.05, 0) is 41.5 Å². The van der Waals surface area contributed by atoms with Gasteiger partial charge in [0.2, 0.25) is 12.5 Å². The molecule has 2 aromatic rings. The summed E-state index contributed by atoms with van der Waals surface area (Å²) >= 11 is 0. The lowest BCUT2D eigenvalue weighted by Crippen LogP contribution is -2.58. The zero-order chi connectivity index (χ0) is 28.1. The molecule has 1 heterocycles. The number of hydrogen-bond donors (Lipinski definition) is 1. The van der Waals surface area contributed by atoms with E-state index < -0.39 is 48.4 Å². The second-order valence-corrected chi connectivity index (χ2v) is 8.53. The van der Waals surface area contributed by atoms with Gasteiger partial charge >= 0.3 is 24.0 Å². The Balaban J connectivity index is 1.88. The first kappa shape index (κ1) is 27.3. The maximum atomic E-state index is 13.0. The van der Waals surface area contributed by atoms with E-state index in [1.54, 1.807) is 42.5 Å². The van der Waals surface area contributed by atoms with Gasteiger partial charge in [-0.3, -0.25) is 9.59 Å². The molecule has 39 heavy (non-hydrogen) atoms. The third kappa shape index (κ3) is 6.06. The highest BCUT2D eigenvalue weighted by Gasteiger charge is 2.48. The summed E-state index contributed by atoms with van der Waals surface area (Å²) in [4.78, 5) is 49.7. The SMILES string of the molecule is COC(=O)N[C@@H]1C(c2cc(OC)c3c(c2)OCO3)=C[C@H](OC(=O)c2ccccc2)[C@@H](OC(C)=O)[C@H]1OC(C)=O. The van der Waals surface area contributed by atoms with Gasteiger partial charge in [0, 0.05) is 13.8 Å². The minimum atomic E-state index is -1.32. The first-order chi connectivity index (χ1) is 18.7. The highest BCUT2D eigenvalue weighted by Crippen LogP contribution is 2.45.